The molecule has 2 aromatic rings. The van der Waals surface area contributed by atoms with Gasteiger partial charge in [0.05, 0.1) is 5.56 Å². The van der Waals surface area contributed by atoms with E-state index in [0.717, 1.165) is 12.1 Å². The van der Waals surface area contributed by atoms with Crippen LogP contribution in [0.1, 0.15) is 11.1 Å². The zero-order chi connectivity index (χ0) is 14.0. The molecule has 1 heterocycles. The molecule has 0 aliphatic carbocycles. The minimum absolute atomic E-state index is 0.00696. The third-order valence-electron chi connectivity index (χ3n) is 2.29. The second-order valence-corrected chi connectivity index (χ2v) is 4.09. The quantitative estimate of drug-likeness (QED) is 0.775. The number of nitrogens with zero attached hydrogens (tertiary/aromatic N) is 2. The Morgan fingerprint density at radius 1 is 1.16 bits per heavy atom. The van der Waals surface area contributed by atoms with Gasteiger partial charge in [0.2, 0.25) is 11.2 Å². The normalized spacial score (nSPS) is 11.4. The van der Waals surface area contributed by atoms with Gasteiger partial charge in [-0.1, -0.05) is 0 Å². The Kier molecular flexibility index (Phi) is 3.61. The van der Waals surface area contributed by atoms with Crippen molar-refractivity contribution < 1.29 is 17.9 Å². The molecule has 0 radical (unpaired) electrons. The molecule has 1 aromatic carbocycles. The Hall–Kier alpha value is -1.82. The fourth-order valence-corrected chi connectivity index (χ4v) is 1.46. The van der Waals surface area contributed by atoms with Gasteiger partial charge in [0.15, 0.2) is 0 Å². The van der Waals surface area contributed by atoms with E-state index in [0.29, 0.717) is 5.56 Å². The molecule has 1 aromatic heterocycles. The van der Waals surface area contributed by atoms with E-state index in [4.69, 9.17) is 16.3 Å². The number of benzene rings is 1. The number of aromatic nitrogens is 2. The second-order valence-electron chi connectivity index (χ2n) is 3.75. The van der Waals surface area contributed by atoms with Gasteiger partial charge in [-0.25, -0.2) is 4.98 Å². The first-order valence-electron chi connectivity index (χ1n) is 5.20. The smallest absolute Gasteiger partial charge is 0.416 e. The summed E-state index contributed by atoms with van der Waals surface area (Å²) in [5, 5.41) is 0.00696. The summed E-state index contributed by atoms with van der Waals surface area (Å²) in [7, 11) is 0. The Balaban J connectivity index is 2.22. The third-order valence-corrected chi connectivity index (χ3v) is 2.47. The monoisotopic (exact) mass is 288 g/mol. The SMILES string of the molecule is Cc1cnc(Cl)nc1Oc1ccc(C(F)(F)F)cc1. The zero-order valence-corrected chi connectivity index (χ0v) is 10.5. The Bertz CT molecular complexity index is 585. The maximum atomic E-state index is 12.4. The number of hydrogen-bond acceptors (Lipinski definition) is 3. The molecule has 0 atom stereocenters. The van der Waals surface area contributed by atoms with Crippen LogP contribution in [0.15, 0.2) is 30.5 Å². The lowest BCUT2D eigenvalue weighted by molar-refractivity contribution is -0.137. The number of aryl methyl sites for hydroxylation is 1. The van der Waals surface area contributed by atoms with Crippen LogP contribution in [0.4, 0.5) is 13.2 Å². The van der Waals surface area contributed by atoms with Crippen LogP contribution in [0.2, 0.25) is 5.28 Å². The highest BCUT2D eigenvalue weighted by molar-refractivity contribution is 6.28. The molecular weight excluding hydrogens is 281 g/mol. The summed E-state index contributed by atoms with van der Waals surface area (Å²) in [6.07, 6.45) is -2.90. The lowest BCUT2D eigenvalue weighted by Crippen LogP contribution is -2.04. The molecule has 0 spiro atoms. The van der Waals surface area contributed by atoms with Crippen LogP contribution >= 0.6 is 11.6 Å². The molecule has 0 N–H and O–H groups in total. The van der Waals surface area contributed by atoms with E-state index >= 15 is 0 Å². The Morgan fingerprint density at radius 2 is 1.79 bits per heavy atom. The van der Waals surface area contributed by atoms with Crippen LogP contribution < -0.4 is 4.74 Å². The first-order valence-corrected chi connectivity index (χ1v) is 5.58. The van der Waals surface area contributed by atoms with Crippen LogP contribution in [0.3, 0.4) is 0 Å². The second kappa shape index (κ2) is 5.05. The van der Waals surface area contributed by atoms with Gasteiger partial charge in [-0.2, -0.15) is 18.2 Å². The van der Waals surface area contributed by atoms with Crippen molar-refractivity contribution >= 4 is 11.6 Å². The fraction of sp³-hybridized carbons (Fsp3) is 0.167. The molecule has 0 aliphatic rings. The number of rotatable bonds is 2. The van der Waals surface area contributed by atoms with E-state index in [1.807, 2.05) is 0 Å². The third kappa shape index (κ3) is 3.35. The maximum absolute atomic E-state index is 12.4. The summed E-state index contributed by atoms with van der Waals surface area (Å²) in [5.41, 5.74) is -0.110. The summed E-state index contributed by atoms with van der Waals surface area (Å²) >= 11 is 5.62. The number of ether oxygens (including phenoxy) is 1. The molecule has 0 amide bonds. The van der Waals surface area contributed by atoms with Gasteiger partial charge in [0.1, 0.15) is 5.75 Å². The summed E-state index contributed by atoms with van der Waals surface area (Å²) in [5.74, 6) is 0.450. The van der Waals surface area contributed by atoms with E-state index in [1.165, 1.54) is 18.3 Å². The van der Waals surface area contributed by atoms with Gasteiger partial charge in [-0.15, -0.1) is 0 Å². The minimum atomic E-state index is -4.37. The molecule has 100 valence electrons. The summed E-state index contributed by atoms with van der Waals surface area (Å²) in [6.45, 7) is 1.70. The number of hydrogen-bond donors (Lipinski definition) is 0. The van der Waals surface area contributed by atoms with Crippen LogP contribution in [0.25, 0.3) is 0 Å². The van der Waals surface area contributed by atoms with Crippen LogP contribution in [0, 0.1) is 6.92 Å². The molecule has 3 nitrogen and oxygen atoms in total. The molecular formula is C12H8ClF3N2O. The van der Waals surface area contributed by atoms with Crippen molar-refractivity contribution in [2.45, 2.75) is 13.1 Å². The highest BCUT2D eigenvalue weighted by atomic mass is 35.5. The zero-order valence-electron chi connectivity index (χ0n) is 9.70. The summed E-state index contributed by atoms with van der Waals surface area (Å²) < 4.78 is 42.5. The van der Waals surface area contributed by atoms with Crippen molar-refractivity contribution in [3.8, 4) is 11.6 Å². The van der Waals surface area contributed by atoms with Gasteiger partial charge in [-0.3, -0.25) is 0 Å². The van der Waals surface area contributed by atoms with Crippen LogP contribution in [-0.2, 0) is 6.18 Å². The topological polar surface area (TPSA) is 35.0 Å². The van der Waals surface area contributed by atoms with Gasteiger partial charge in [0.25, 0.3) is 0 Å². The van der Waals surface area contributed by atoms with Gasteiger partial charge in [0, 0.05) is 11.8 Å². The molecule has 0 unspecified atom stereocenters. The van der Waals surface area contributed by atoms with Crippen LogP contribution in [0.5, 0.6) is 11.6 Å². The molecule has 0 bridgehead atoms. The van der Waals surface area contributed by atoms with E-state index < -0.39 is 11.7 Å². The minimum Gasteiger partial charge on any atom is -0.439 e. The largest absolute Gasteiger partial charge is 0.439 e. The average molecular weight is 289 g/mol. The lowest BCUT2D eigenvalue weighted by Gasteiger charge is -2.09. The molecule has 2 rings (SSSR count). The molecule has 0 saturated heterocycles. The van der Waals surface area contributed by atoms with Crippen molar-refractivity contribution in [2.75, 3.05) is 0 Å². The lowest BCUT2D eigenvalue weighted by atomic mass is 10.2. The first-order chi connectivity index (χ1) is 8.86. The maximum Gasteiger partial charge on any atom is 0.416 e. The van der Waals surface area contributed by atoms with Crippen molar-refractivity contribution in [2.24, 2.45) is 0 Å². The van der Waals surface area contributed by atoms with Gasteiger partial charge >= 0.3 is 6.18 Å². The summed E-state index contributed by atoms with van der Waals surface area (Å²) in [4.78, 5) is 7.60. The van der Waals surface area contributed by atoms with Crippen LogP contribution in [-0.4, -0.2) is 9.97 Å². The standard InChI is InChI=1S/C12H8ClF3N2O/c1-7-6-17-11(13)18-10(7)19-9-4-2-8(3-5-9)12(14,15)16/h2-6H,1H3. The highest BCUT2D eigenvalue weighted by Crippen LogP contribution is 2.31. The van der Waals surface area contributed by atoms with Crippen molar-refractivity contribution in [3.05, 3.63) is 46.9 Å². The molecule has 7 heteroatoms. The Labute approximate surface area is 112 Å². The molecule has 0 saturated carbocycles. The van der Waals surface area contributed by atoms with E-state index in [-0.39, 0.29) is 16.9 Å². The number of halogens is 4. The fourth-order valence-electron chi connectivity index (χ4n) is 1.33. The van der Waals surface area contributed by atoms with E-state index in [1.54, 1.807) is 6.92 Å². The highest BCUT2D eigenvalue weighted by Gasteiger charge is 2.30. The number of alkyl halides is 3. The molecule has 19 heavy (non-hydrogen) atoms. The van der Waals surface area contributed by atoms with Gasteiger partial charge in [-0.05, 0) is 42.8 Å². The van der Waals surface area contributed by atoms with Crippen molar-refractivity contribution in [1.82, 2.24) is 9.97 Å². The van der Waals surface area contributed by atoms with E-state index in [2.05, 4.69) is 9.97 Å². The Morgan fingerprint density at radius 3 is 2.37 bits per heavy atom. The first kappa shape index (κ1) is 13.6. The van der Waals surface area contributed by atoms with Crippen molar-refractivity contribution in [3.63, 3.8) is 0 Å². The van der Waals surface area contributed by atoms with Gasteiger partial charge < -0.3 is 4.74 Å². The predicted octanol–water partition coefficient (Wildman–Crippen LogP) is 4.25. The van der Waals surface area contributed by atoms with Crippen molar-refractivity contribution in [1.29, 1.82) is 0 Å². The average Bonchev–Trinajstić information content (AvgIpc) is 2.33. The van der Waals surface area contributed by atoms with E-state index in [9.17, 15) is 13.2 Å². The summed E-state index contributed by atoms with van der Waals surface area (Å²) in [6, 6.07) is 4.32. The molecule has 0 fully saturated rings. The molecule has 0 aliphatic heterocycles. The predicted molar refractivity (Wildman–Crippen MR) is 63.3 cm³/mol.